The number of nitrogens with one attached hydrogen (secondary N) is 1. The van der Waals surface area contributed by atoms with Gasteiger partial charge in [0.05, 0.1) is 6.04 Å². The predicted molar refractivity (Wildman–Crippen MR) is 75.9 cm³/mol. The maximum atomic E-state index is 12.2. The molecule has 4 heteroatoms. The van der Waals surface area contributed by atoms with Crippen LogP contribution >= 0.6 is 11.3 Å². The van der Waals surface area contributed by atoms with Crippen LogP contribution in [0.25, 0.3) is 0 Å². The third-order valence-electron chi connectivity index (χ3n) is 3.38. The van der Waals surface area contributed by atoms with Crippen molar-refractivity contribution in [3.63, 3.8) is 0 Å². The molecule has 0 aromatic carbocycles. The summed E-state index contributed by atoms with van der Waals surface area (Å²) in [6.45, 7) is 4.98. The van der Waals surface area contributed by atoms with Crippen molar-refractivity contribution in [2.45, 2.75) is 38.6 Å². The van der Waals surface area contributed by atoms with Gasteiger partial charge in [-0.3, -0.25) is 4.79 Å². The van der Waals surface area contributed by atoms with Crippen molar-refractivity contribution in [3.05, 3.63) is 22.4 Å². The highest BCUT2D eigenvalue weighted by atomic mass is 32.1. The maximum absolute atomic E-state index is 12.2. The third kappa shape index (κ3) is 3.56. The number of hydrogen-bond donors (Lipinski definition) is 1. The summed E-state index contributed by atoms with van der Waals surface area (Å²) in [5.41, 5.74) is 0. The van der Waals surface area contributed by atoms with Crippen LogP contribution in [0.2, 0.25) is 0 Å². The first-order valence-corrected chi connectivity index (χ1v) is 7.71. The molecule has 1 aromatic heterocycles. The number of aryl methyl sites for hydroxylation is 1. The molecule has 0 saturated carbocycles. The molecular formula is C14H22N2OS. The second-order valence-corrected chi connectivity index (χ2v) is 5.86. The summed E-state index contributed by atoms with van der Waals surface area (Å²) in [4.78, 5) is 15.7. The zero-order chi connectivity index (χ0) is 12.8. The van der Waals surface area contributed by atoms with Gasteiger partial charge < -0.3 is 10.2 Å². The Morgan fingerprint density at radius 2 is 2.39 bits per heavy atom. The standard InChI is InChI=1S/C14H22N2OS/c1-2-8-16(12-10-15-11-12)14(17)7-3-5-13-6-4-9-18-13/h4,6,9,12,15H,2-3,5,7-8,10-11H2,1H3. The second-order valence-electron chi connectivity index (χ2n) is 4.83. The van der Waals surface area contributed by atoms with Gasteiger partial charge in [0.2, 0.25) is 5.91 Å². The fourth-order valence-electron chi connectivity index (χ4n) is 2.26. The molecule has 1 aliphatic heterocycles. The third-order valence-corrected chi connectivity index (χ3v) is 4.32. The Kier molecular flexibility index (Phi) is 5.20. The summed E-state index contributed by atoms with van der Waals surface area (Å²) in [7, 11) is 0. The van der Waals surface area contributed by atoms with Gasteiger partial charge in [-0.25, -0.2) is 0 Å². The number of rotatable bonds is 7. The van der Waals surface area contributed by atoms with Crippen molar-refractivity contribution in [1.29, 1.82) is 0 Å². The van der Waals surface area contributed by atoms with Crippen LogP contribution in [0.3, 0.4) is 0 Å². The van der Waals surface area contributed by atoms with Crippen LogP contribution in [0.15, 0.2) is 17.5 Å². The van der Waals surface area contributed by atoms with Gasteiger partial charge in [0, 0.05) is 30.9 Å². The zero-order valence-electron chi connectivity index (χ0n) is 11.0. The quantitative estimate of drug-likeness (QED) is 0.821. The molecule has 0 spiro atoms. The minimum absolute atomic E-state index is 0.333. The van der Waals surface area contributed by atoms with Gasteiger partial charge in [0.1, 0.15) is 0 Å². The van der Waals surface area contributed by atoms with E-state index in [4.69, 9.17) is 0 Å². The van der Waals surface area contributed by atoms with Crippen molar-refractivity contribution < 1.29 is 4.79 Å². The van der Waals surface area contributed by atoms with Gasteiger partial charge in [-0.05, 0) is 30.7 Å². The lowest BCUT2D eigenvalue weighted by atomic mass is 10.1. The average molecular weight is 266 g/mol. The monoisotopic (exact) mass is 266 g/mol. The van der Waals surface area contributed by atoms with E-state index in [1.807, 2.05) is 0 Å². The number of carbonyl (C=O) groups excluding carboxylic acids is 1. The Morgan fingerprint density at radius 1 is 1.56 bits per heavy atom. The highest BCUT2D eigenvalue weighted by Gasteiger charge is 2.27. The summed E-state index contributed by atoms with van der Waals surface area (Å²) in [6, 6.07) is 4.67. The Labute approximate surface area is 113 Å². The van der Waals surface area contributed by atoms with Crippen LogP contribution in [0.5, 0.6) is 0 Å². The normalized spacial score (nSPS) is 15.4. The highest BCUT2D eigenvalue weighted by molar-refractivity contribution is 7.09. The molecule has 3 nitrogen and oxygen atoms in total. The number of nitrogens with zero attached hydrogens (tertiary/aromatic N) is 1. The number of hydrogen-bond acceptors (Lipinski definition) is 3. The molecule has 1 fully saturated rings. The van der Waals surface area contributed by atoms with Crippen LogP contribution in [-0.4, -0.2) is 36.5 Å². The Morgan fingerprint density at radius 3 is 2.94 bits per heavy atom. The Bertz CT molecular complexity index is 360. The molecule has 0 atom stereocenters. The Hall–Kier alpha value is -0.870. The molecule has 1 aromatic rings. The first kappa shape index (κ1) is 13.6. The van der Waals surface area contributed by atoms with Gasteiger partial charge in [0.25, 0.3) is 0 Å². The van der Waals surface area contributed by atoms with Crippen LogP contribution in [0.1, 0.15) is 31.1 Å². The first-order chi connectivity index (χ1) is 8.81. The summed E-state index contributed by atoms with van der Waals surface area (Å²) in [5.74, 6) is 0.333. The summed E-state index contributed by atoms with van der Waals surface area (Å²) >= 11 is 1.78. The lowest BCUT2D eigenvalue weighted by Gasteiger charge is -2.38. The minimum atomic E-state index is 0.333. The molecule has 0 unspecified atom stereocenters. The molecule has 0 bridgehead atoms. The molecule has 2 heterocycles. The topological polar surface area (TPSA) is 32.3 Å². The van der Waals surface area contributed by atoms with E-state index in [-0.39, 0.29) is 0 Å². The van der Waals surface area contributed by atoms with E-state index >= 15 is 0 Å². The van der Waals surface area contributed by atoms with E-state index in [2.05, 4.69) is 34.7 Å². The zero-order valence-corrected chi connectivity index (χ0v) is 11.8. The van der Waals surface area contributed by atoms with Gasteiger partial charge in [0.15, 0.2) is 0 Å². The maximum Gasteiger partial charge on any atom is 0.222 e. The number of carbonyl (C=O) groups is 1. The predicted octanol–water partition coefficient (Wildman–Crippen LogP) is 2.28. The van der Waals surface area contributed by atoms with Gasteiger partial charge >= 0.3 is 0 Å². The van der Waals surface area contributed by atoms with E-state index < -0.39 is 0 Å². The van der Waals surface area contributed by atoms with Crippen LogP contribution < -0.4 is 5.32 Å². The molecule has 0 radical (unpaired) electrons. The average Bonchev–Trinajstić information content (AvgIpc) is 2.79. The lowest BCUT2D eigenvalue weighted by molar-refractivity contribution is -0.134. The summed E-state index contributed by atoms with van der Waals surface area (Å²) in [6.07, 6.45) is 3.74. The fraction of sp³-hybridized carbons (Fsp3) is 0.643. The highest BCUT2D eigenvalue weighted by Crippen LogP contribution is 2.14. The lowest BCUT2D eigenvalue weighted by Crippen LogP contribution is -2.59. The summed E-state index contributed by atoms with van der Waals surface area (Å²) < 4.78 is 0. The van der Waals surface area contributed by atoms with Gasteiger partial charge in [-0.1, -0.05) is 13.0 Å². The van der Waals surface area contributed by atoms with E-state index in [1.165, 1.54) is 4.88 Å². The second kappa shape index (κ2) is 6.90. The van der Waals surface area contributed by atoms with Crippen molar-refractivity contribution >= 4 is 17.2 Å². The van der Waals surface area contributed by atoms with Crippen molar-refractivity contribution in [2.24, 2.45) is 0 Å². The Balaban J connectivity index is 1.74. The number of thiophene rings is 1. The SMILES string of the molecule is CCCN(C(=O)CCCc1cccs1)C1CNC1. The molecule has 1 amide bonds. The van der Waals surface area contributed by atoms with Crippen LogP contribution in [-0.2, 0) is 11.2 Å². The molecule has 1 aliphatic rings. The van der Waals surface area contributed by atoms with Gasteiger partial charge in [-0.2, -0.15) is 0 Å². The molecule has 2 rings (SSSR count). The van der Waals surface area contributed by atoms with Gasteiger partial charge in [-0.15, -0.1) is 11.3 Å². The number of amides is 1. The molecule has 0 aliphatic carbocycles. The minimum Gasteiger partial charge on any atom is -0.337 e. The van der Waals surface area contributed by atoms with E-state index in [0.717, 1.165) is 38.9 Å². The molecule has 1 saturated heterocycles. The van der Waals surface area contributed by atoms with Crippen LogP contribution in [0, 0.1) is 0 Å². The van der Waals surface area contributed by atoms with Crippen molar-refractivity contribution in [2.75, 3.05) is 19.6 Å². The molecule has 100 valence electrons. The molecular weight excluding hydrogens is 244 g/mol. The van der Waals surface area contributed by atoms with E-state index in [1.54, 1.807) is 11.3 Å². The van der Waals surface area contributed by atoms with Crippen molar-refractivity contribution in [3.8, 4) is 0 Å². The summed E-state index contributed by atoms with van der Waals surface area (Å²) in [5, 5.41) is 5.34. The van der Waals surface area contributed by atoms with Crippen molar-refractivity contribution in [1.82, 2.24) is 10.2 Å². The largest absolute Gasteiger partial charge is 0.337 e. The fourth-order valence-corrected chi connectivity index (χ4v) is 3.01. The first-order valence-electron chi connectivity index (χ1n) is 6.84. The smallest absolute Gasteiger partial charge is 0.222 e. The van der Waals surface area contributed by atoms with Crippen LogP contribution in [0.4, 0.5) is 0 Å². The van der Waals surface area contributed by atoms with E-state index in [0.29, 0.717) is 18.4 Å². The molecule has 18 heavy (non-hydrogen) atoms. The molecule has 1 N–H and O–H groups in total. The van der Waals surface area contributed by atoms with E-state index in [9.17, 15) is 4.79 Å².